The van der Waals surface area contributed by atoms with Gasteiger partial charge in [0.05, 0.1) is 31.5 Å². The third kappa shape index (κ3) is 7.51. The number of aromatic nitrogens is 2. The van der Waals surface area contributed by atoms with Crippen molar-refractivity contribution < 1.29 is 23.8 Å². The van der Waals surface area contributed by atoms with Gasteiger partial charge in [-0.3, -0.25) is 10.1 Å². The molecule has 1 N–H and O–H groups in total. The van der Waals surface area contributed by atoms with E-state index >= 15 is 0 Å². The van der Waals surface area contributed by atoms with Crippen LogP contribution in [0.15, 0.2) is 42.5 Å². The highest BCUT2D eigenvalue weighted by Crippen LogP contribution is 2.42. The van der Waals surface area contributed by atoms with E-state index in [1.165, 1.54) is 37.0 Å². The molecule has 0 saturated heterocycles. The fourth-order valence-corrected chi connectivity index (χ4v) is 6.44. The molecule has 2 aromatic heterocycles. The normalized spacial score (nSPS) is 11.9. The maximum Gasteiger partial charge on any atom is 0.328 e. The van der Waals surface area contributed by atoms with Crippen LogP contribution in [0.4, 0.5) is 5.13 Å². The number of thiazole rings is 1. The molecule has 0 aliphatic rings. The van der Waals surface area contributed by atoms with Crippen molar-refractivity contribution in [2.24, 2.45) is 0 Å². The second kappa shape index (κ2) is 15.3. The summed E-state index contributed by atoms with van der Waals surface area (Å²) in [6.45, 7) is 5.97. The average molecular weight is 626 g/mol. The number of halogens is 1. The minimum absolute atomic E-state index is 0.256. The molecule has 0 fully saturated rings. The van der Waals surface area contributed by atoms with Crippen LogP contribution in [0, 0.1) is 0 Å². The highest BCUT2D eigenvalue weighted by Gasteiger charge is 2.26. The van der Waals surface area contributed by atoms with Gasteiger partial charge in [0.15, 0.2) is 5.13 Å². The number of esters is 1. The van der Waals surface area contributed by atoms with Crippen LogP contribution >= 0.6 is 22.9 Å². The Hall–Kier alpha value is -3.56. The SMILES string of the molecule is CCCCCCCCc1sc(NC(=O)c2cc3ccccc3n2C(C)C(=O)OCC)nc1-c1cc(OC)c(Cl)cc1OC. The molecule has 0 bridgehead atoms. The number of hydrogen-bond donors (Lipinski definition) is 1. The van der Waals surface area contributed by atoms with Crippen LogP contribution < -0.4 is 14.8 Å². The summed E-state index contributed by atoms with van der Waals surface area (Å²) in [6.07, 6.45) is 7.80. The minimum Gasteiger partial charge on any atom is -0.496 e. The molecule has 1 unspecified atom stereocenters. The summed E-state index contributed by atoms with van der Waals surface area (Å²) in [7, 11) is 3.16. The minimum atomic E-state index is -0.693. The fraction of sp³-hybridized carbons (Fsp3) is 0.424. The van der Waals surface area contributed by atoms with Crippen molar-refractivity contribution in [1.29, 1.82) is 0 Å². The lowest BCUT2D eigenvalue weighted by atomic mass is 10.0. The van der Waals surface area contributed by atoms with Gasteiger partial charge in [-0.05, 0) is 44.9 Å². The molecule has 4 rings (SSSR count). The third-order valence-electron chi connectivity index (χ3n) is 7.40. The van der Waals surface area contributed by atoms with Crippen molar-refractivity contribution in [3.05, 3.63) is 58.1 Å². The average Bonchev–Trinajstić information content (AvgIpc) is 3.59. The largest absolute Gasteiger partial charge is 0.496 e. The van der Waals surface area contributed by atoms with Gasteiger partial charge in [0.25, 0.3) is 5.91 Å². The number of methoxy groups -OCH3 is 2. The number of rotatable bonds is 15. The number of benzene rings is 2. The van der Waals surface area contributed by atoms with Gasteiger partial charge in [0.1, 0.15) is 23.2 Å². The van der Waals surface area contributed by atoms with Crippen molar-refractivity contribution in [1.82, 2.24) is 9.55 Å². The number of nitrogens with zero attached hydrogens (tertiary/aromatic N) is 2. The van der Waals surface area contributed by atoms with Crippen molar-refractivity contribution in [3.8, 4) is 22.8 Å². The van der Waals surface area contributed by atoms with E-state index in [1.807, 2.05) is 30.3 Å². The quantitative estimate of drug-likeness (QED) is 0.105. The molecule has 1 amide bonds. The maximum atomic E-state index is 13.8. The molecule has 0 spiro atoms. The Morgan fingerprint density at radius 2 is 1.72 bits per heavy atom. The molecule has 10 heteroatoms. The van der Waals surface area contributed by atoms with E-state index in [4.69, 9.17) is 30.8 Å². The number of unbranched alkanes of at least 4 members (excludes halogenated alkanes) is 5. The number of nitrogens with one attached hydrogen (secondary N) is 1. The summed E-state index contributed by atoms with van der Waals surface area (Å²) >= 11 is 7.84. The Kier molecular flexibility index (Phi) is 11.5. The van der Waals surface area contributed by atoms with Gasteiger partial charge in [0.2, 0.25) is 0 Å². The summed E-state index contributed by atoms with van der Waals surface area (Å²) in [6, 6.07) is 12.2. The number of carbonyl (C=O) groups excluding carboxylic acids is 2. The molecular weight excluding hydrogens is 586 g/mol. The van der Waals surface area contributed by atoms with Crippen molar-refractivity contribution in [2.45, 2.75) is 71.8 Å². The first kappa shape index (κ1) is 32.4. The number of carbonyl (C=O) groups is 2. The van der Waals surface area contributed by atoms with Gasteiger partial charge in [-0.25, -0.2) is 9.78 Å². The lowest BCUT2D eigenvalue weighted by molar-refractivity contribution is -0.146. The van der Waals surface area contributed by atoms with Crippen molar-refractivity contribution in [2.75, 3.05) is 26.1 Å². The zero-order valence-corrected chi connectivity index (χ0v) is 27.1. The molecule has 4 aromatic rings. The van der Waals surface area contributed by atoms with Crippen LogP contribution in [0.5, 0.6) is 11.5 Å². The van der Waals surface area contributed by atoms with Crippen LogP contribution in [-0.2, 0) is 16.0 Å². The Morgan fingerprint density at radius 3 is 2.44 bits per heavy atom. The Labute approximate surface area is 262 Å². The Balaban J connectivity index is 1.70. The number of ether oxygens (including phenoxy) is 3. The molecule has 0 aliphatic carbocycles. The van der Waals surface area contributed by atoms with E-state index < -0.39 is 12.0 Å². The Bertz CT molecular complexity index is 1560. The van der Waals surface area contributed by atoms with Gasteiger partial charge in [-0.15, -0.1) is 11.3 Å². The predicted molar refractivity (Wildman–Crippen MR) is 174 cm³/mol. The molecule has 0 saturated carbocycles. The first-order valence-electron chi connectivity index (χ1n) is 14.8. The standard InChI is InChI=1S/C33H40ClN3O5S/c1-6-8-9-10-11-12-17-29-30(23-19-28(41-5)24(34)20-27(23)40-4)35-33(43-29)36-31(38)26-18-22-15-13-14-16-25(22)37(26)21(3)32(39)42-7-2/h13-16,18-21H,6-12,17H2,1-5H3,(H,35,36,38). The van der Waals surface area contributed by atoms with Crippen molar-refractivity contribution in [3.63, 3.8) is 0 Å². The van der Waals surface area contributed by atoms with E-state index in [1.54, 1.807) is 44.8 Å². The van der Waals surface area contributed by atoms with Gasteiger partial charge in [0, 0.05) is 27.4 Å². The Morgan fingerprint density at radius 1 is 1.00 bits per heavy atom. The zero-order chi connectivity index (χ0) is 30.9. The summed E-state index contributed by atoms with van der Waals surface area (Å²) in [5.41, 5.74) is 2.59. The third-order valence-corrected chi connectivity index (χ3v) is 8.73. The zero-order valence-electron chi connectivity index (χ0n) is 25.5. The molecule has 1 atom stereocenters. The smallest absolute Gasteiger partial charge is 0.328 e. The van der Waals surface area contributed by atoms with Crippen LogP contribution in [-0.4, -0.2) is 42.3 Å². The number of hydrogen-bond acceptors (Lipinski definition) is 7. The monoisotopic (exact) mass is 625 g/mol. The van der Waals surface area contributed by atoms with Gasteiger partial charge in [-0.2, -0.15) is 0 Å². The van der Waals surface area contributed by atoms with Crippen LogP contribution in [0.1, 0.15) is 80.7 Å². The number of para-hydroxylation sites is 1. The second-order valence-corrected chi connectivity index (χ2v) is 11.8. The molecular formula is C33H40ClN3O5S. The summed E-state index contributed by atoms with van der Waals surface area (Å²) in [4.78, 5) is 32.4. The highest BCUT2D eigenvalue weighted by molar-refractivity contribution is 7.16. The first-order chi connectivity index (χ1) is 20.8. The molecule has 230 valence electrons. The summed E-state index contributed by atoms with van der Waals surface area (Å²) in [5, 5.41) is 4.76. The lowest BCUT2D eigenvalue weighted by Gasteiger charge is -2.17. The first-order valence-corrected chi connectivity index (χ1v) is 16.0. The van der Waals surface area contributed by atoms with Crippen LogP contribution in [0.3, 0.4) is 0 Å². The van der Waals surface area contributed by atoms with E-state index in [9.17, 15) is 9.59 Å². The lowest BCUT2D eigenvalue weighted by Crippen LogP contribution is -2.24. The van der Waals surface area contributed by atoms with Gasteiger partial charge < -0.3 is 18.8 Å². The van der Waals surface area contributed by atoms with Crippen LogP contribution in [0.25, 0.3) is 22.2 Å². The molecule has 2 heterocycles. The van der Waals surface area contributed by atoms with E-state index in [-0.39, 0.29) is 12.5 Å². The number of amides is 1. The van der Waals surface area contributed by atoms with E-state index in [0.717, 1.165) is 46.3 Å². The number of anilines is 1. The maximum absolute atomic E-state index is 13.8. The molecule has 2 aromatic carbocycles. The molecule has 43 heavy (non-hydrogen) atoms. The second-order valence-electron chi connectivity index (χ2n) is 10.3. The number of fused-ring (bicyclic) bond motifs is 1. The van der Waals surface area contributed by atoms with E-state index in [0.29, 0.717) is 27.3 Å². The fourth-order valence-electron chi connectivity index (χ4n) is 5.19. The number of aryl methyl sites for hydroxylation is 1. The molecule has 0 aliphatic heterocycles. The van der Waals surface area contributed by atoms with Gasteiger partial charge in [-0.1, -0.05) is 68.8 Å². The van der Waals surface area contributed by atoms with Crippen LogP contribution in [0.2, 0.25) is 5.02 Å². The highest BCUT2D eigenvalue weighted by atomic mass is 35.5. The summed E-state index contributed by atoms with van der Waals surface area (Å²) < 4.78 is 18.2. The van der Waals surface area contributed by atoms with Crippen molar-refractivity contribution >= 4 is 50.8 Å². The molecule has 8 nitrogen and oxygen atoms in total. The van der Waals surface area contributed by atoms with E-state index in [2.05, 4.69) is 12.2 Å². The predicted octanol–water partition coefficient (Wildman–Crippen LogP) is 8.71. The summed E-state index contributed by atoms with van der Waals surface area (Å²) in [5.74, 6) is 0.319. The topological polar surface area (TPSA) is 91.7 Å². The molecule has 0 radical (unpaired) electrons. The van der Waals surface area contributed by atoms with Gasteiger partial charge >= 0.3 is 5.97 Å².